The van der Waals surface area contributed by atoms with Gasteiger partial charge < -0.3 is 30.5 Å². The maximum absolute atomic E-state index is 10.3. The minimum absolute atomic E-state index is 0.0303. The van der Waals surface area contributed by atoms with Gasteiger partial charge in [0.15, 0.2) is 23.2 Å². The van der Waals surface area contributed by atoms with Gasteiger partial charge in [-0.1, -0.05) is 6.07 Å². The number of aliphatic hydroxyl groups excluding tert-OH is 3. The molecular weight excluding hydrogens is 378 g/mol. The Balaban J connectivity index is 1.46. The van der Waals surface area contributed by atoms with E-state index in [-0.39, 0.29) is 11.8 Å². The molecule has 5 atom stereocenters. The Labute approximate surface area is 165 Å². The summed E-state index contributed by atoms with van der Waals surface area (Å²) in [5, 5.41) is 42.7. The average molecular weight is 399 g/mol. The lowest BCUT2D eigenvalue weighted by molar-refractivity contribution is -0.0511. The van der Waals surface area contributed by atoms with Gasteiger partial charge in [0, 0.05) is 0 Å². The van der Waals surface area contributed by atoms with Crippen LogP contribution in [0.25, 0.3) is 11.2 Å². The average Bonchev–Trinajstić information content (AvgIpc) is 3.39. The van der Waals surface area contributed by atoms with Crippen molar-refractivity contribution in [2.75, 3.05) is 11.9 Å². The zero-order valence-corrected chi connectivity index (χ0v) is 15.4. The summed E-state index contributed by atoms with van der Waals surface area (Å²) in [5.74, 6) is 0.803. The summed E-state index contributed by atoms with van der Waals surface area (Å²) in [6.07, 6.45) is 0.386. The molecule has 2 aliphatic rings. The Morgan fingerprint density at radius 2 is 2.03 bits per heavy atom. The number of rotatable bonds is 4. The topological polar surface area (TPSA) is 146 Å². The molecule has 0 bridgehead atoms. The van der Waals surface area contributed by atoms with Crippen molar-refractivity contribution in [2.45, 2.75) is 43.4 Å². The predicted octanol–water partition coefficient (Wildman–Crippen LogP) is 0.243. The number of nitrogens with zero attached hydrogens (tertiary/aromatic N) is 4. The lowest BCUT2D eigenvalue weighted by Gasteiger charge is -2.17. The Kier molecular flexibility index (Phi) is 4.36. The molecule has 1 fully saturated rings. The van der Waals surface area contributed by atoms with Crippen LogP contribution in [-0.4, -0.2) is 64.9 Å². The molecule has 1 saturated heterocycles. The number of hydrogen-bond acceptors (Lipinski definition) is 9. The summed E-state index contributed by atoms with van der Waals surface area (Å²) in [6.45, 7) is -0.403. The van der Waals surface area contributed by atoms with Gasteiger partial charge in [-0.2, -0.15) is 0 Å². The Hall–Kier alpha value is -2.79. The molecule has 10 nitrogen and oxygen atoms in total. The van der Waals surface area contributed by atoms with Crippen molar-refractivity contribution in [2.24, 2.45) is 0 Å². The van der Waals surface area contributed by atoms with Gasteiger partial charge in [-0.05, 0) is 36.1 Å². The predicted molar refractivity (Wildman–Crippen MR) is 101 cm³/mol. The summed E-state index contributed by atoms with van der Waals surface area (Å²) in [4.78, 5) is 13.0. The first-order valence-corrected chi connectivity index (χ1v) is 9.45. The normalized spacial score (nSPS) is 28.7. The molecule has 29 heavy (non-hydrogen) atoms. The molecule has 1 aliphatic heterocycles. The van der Waals surface area contributed by atoms with Crippen molar-refractivity contribution in [3.05, 3.63) is 42.0 Å². The number of phenols is 1. The largest absolute Gasteiger partial charge is 0.508 e. The van der Waals surface area contributed by atoms with Crippen molar-refractivity contribution in [1.82, 2.24) is 19.5 Å². The summed E-state index contributed by atoms with van der Waals surface area (Å²) < 4.78 is 7.12. The number of aromatic nitrogens is 4. The Morgan fingerprint density at radius 3 is 2.83 bits per heavy atom. The number of aryl methyl sites for hydroxylation is 1. The van der Waals surface area contributed by atoms with Crippen molar-refractivity contribution in [1.29, 1.82) is 0 Å². The van der Waals surface area contributed by atoms with E-state index in [1.807, 2.05) is 6.07 Å². The molecule has 1 aromatic carbocycles. The second kappa shape index (κ2) is 6.92. The minimum Gasteiger partial charge on any atom is -0.508 e. The standard InChI is InChI=1S/C19H21N5O5/c25-6-13-15(27)16(28)19(29-13)24-8-22-14-17(20-7-21-18(14)24)23-12-4-1-9-5-10(26)2-3-11(9)12/h2-3,5,7-8,12-13,15-16,19,25-28H,1,4,6H2,(H,20,21,23)/t12?,13-,15-,16-,19-/m1/s1. The fourth-order valence-corrected chi connectivity index (χ4v) is 4.17. The fourth-order valence-electron chi connectivity index (χ4n) is 4.17. The number of hydrogen-bond donors (Lipinski definition) is 5. The van der Waals surface area contributed by atoms with Crippen molar-refractivity contribution >= 4 is 17.0 Å². The number of benzene rings is 1. The summed E-state index contributed by atoms with van der Waals surface area (Å²) >= 11 is 0. The monoisotopic (exact) mass is 399 g/mol. The number of ether oxygens (including phenoxy) is 1. The van der Waals surface area contributed by atoms with Crippen molar-refractivity contribution in [3.63, 3.8) is 0 Å². The van der Waals surface area contributed by atoms with Crippen LogP contribution < -0.4 is 5.32 Å². The second-order valence-electron chi connectivity index (χ2n) is 7.39. The molecule has 3 heterocycles. The van der Waals surface area contributed by atoms with Gasteiger partial charge in [0.05, 0.1) is 19.0 Å². The first-order valence-electron chi connectivity index (χ1n) is 9.45. The van der Waals surface area contributed by atoms with Gasteiger partial charge in [0.25, 0.3) is 0 Å². The molecule has 0 saturated carbocycles. The molecule has 10 heteroatoms. The van der Waals surface area contributed by atoms with E-state index in [4.69, 9.17) is 4.74 Å². The SMILES string of the molecule is OC[C@H]1O[C@@H](n2cnc3c(NC4CCc5cc(O)ccc54)ncnc32)[C@H](O)[C@@H]1O. The maximum atomic E-state index is 10.3. The van der Waals surface area contributed by atoms with E-state index in [1.54, 1.807) is 12.1 Å². The summed E-state index contributed by atoms with van der Waals surface area (Å²) in [6, 6.07) is 5.39. The lowest BCUT2D eigenvalue weighted by Crippen LogP contribution is -2.33. The van der Waals surface area contributed by atoms with Crippen LogP contribution in [-0.2, 0) is 11.2 Å². The van der Waals surface area contributed by atoms with Crippen LogP contribution in [0.5, 0.6) is 5.75 Å². The third kappa shape index (κ3) is 2.92. The van der Waals surface area contributed by atoms with Gasteiger partial charge in [-0.15, -0.1) is 0 Å². The first kappa shape index (κ1) is 18.3. The zero-order valence-electron chi connectivity index (χ0n) is 15.4. The number of aliphatic hydroxyl groups is 3. The number of anilines is 1. The van der Waals surface area contributed by atoms with E-state index in [2.05, 4.69) is 20.3 Å². The summed E-state index contributed by atoms with van der Waals surface area (Å²) in [7, 11) is 0. The molecule has 1 unspecified atom stereocenters. The van der Waals surface area contributed by atoms with Gasteiger partial charge in [-0.25, -0.2) is 15.0 Å². The van der Waals surface area contributed by atoms with E-state index >= 15 is 0 Å². The molecule has 152 valence electrons. The van der Waals surface area contributed by atoms with Crippen LogP contribution >= 0.6 is 0 Å². The highest BCUT2D eigenvalue weighted by Gasteiger charge is 2.44. The molecule has 0 amide bonds. The maximum Gasteiger partial charge on any atom is 0.167 e. The quantitative estimate of drug-likeness (QED) is 0.416. The van der Waals surface area contributed by atoms with Crippen LogP contribution in [0.15, 0.2) is 30.9 Å². The Morgan fingerprint density at radius 1 is 1.17 bits per heavy atom. The van der Waals surface area contributed by atoms with Gasteiger partial charge in [-0.3, -0.25) is 4.57 Å². The molecule has 2 aromatic heterocycles. The zero-order chi connectivity index (χ0) is 20.1. The smallest absolute Gasteiger partial charge is 0.167 e. The second-order valence-corrected chi connectivity index (χ2v) is 7.39. The number of aromatic hydroxyl groups is 1. The van der Waals surface area contributed by atoms with E-state index in [9.17, 15) is 20.4 Å². The van der Waals surface area contributed by atoms with Crippen LogP contribution in [0.4, 0.5) is 5.82 Å². The van der Waals surface area contributed by atoms with Gasteiger partial charge in [0.1, 0.15) is 30.4 Å². The molecular formula is C19H21N5O5. The third-order valence-electron chi connectivity index (χ3n) is 5.67. The summed E-state index contributed by atoms with van der Waals surface area (Å²) in [5.41, 5.74) is 3.17. The molecule has 1 aliphatic carbocycles. The highest BCUT2D eigenvalue weighted by molar-refractivity contribution is 5.83. The minimum atomic E-state index is -1.22. The van der Waals surface area contributed by atoms with Crippen molar-refractivity contribution < 1.29 is 25.2 Å². The molecule has 0 spiro atoms. The van der Waals surface area contributed by atoms with E-state index < -0.39 is 31.1 Å². The first-order chi connectivity index (χ1) is 14.1. The number of imidazole rings is 1. The number of nitrogens with one attached hydrogen (secondary N) is 1. The van der Waals surface area contributed by atoms with Crippen LogP contribution in [0, 0.1) is 0 Å². The molecule has 5 rings (SSSR count). The fraction of sp³-hybridized carbons (Fsp3) is 0.421. The van der Waals surface area contributed by atoms with Crippen LogP contribution in [0.3, 0.4) is 0 Å². The van der Waals surface area contributed by atoms with E-state index in [1.165, 1.54) is 17.2 Å². The van der Waals surface area contributed by atoms with Crippen LogP contribution in [0.1, 0.15) is 29.8 Å². The highest BCUT2D eigenvalue weighted by Crippen LogP contribution is 2.37. The Bertz CT molecular complexity index is 1060. The highest BCUT2D eigenvalue weighted by atomic mass is 16.6. The van der Waals surface area contributed by atoms with Crippen LogP contribution in [0.2, 0.25) is 0 Å². The molecule has 5 N–H and O–H groups in total. The van der Waals surface area contributed by atoms with Gasteiger partial charge in [0.2, 0.25) is 0 Å². The third-order valence-corrected chi connectivity index (χ3v) is 5.67. The number of fused-ring (bicyclic) bond motifs is 2. The van der Waals surface area contributed by atoms with E-state index in [0.29, 0.717) is 17.0 Å². The lowest BCUT2D eigenvalue weighted by atomic mass is 10.1. The van der Waals surface area contributed by atoms with Crippen molar-refractivity contribution in [3.8, 4) is 5.75 Å². The van der Waals surface area contributed by atoms with Gasteiger partial charge >= 0.3 is 0 Å². The number of phenolic OH excluding ortho intramolecular Hbond substituents is 1. The molecule has 0 radical (unpaired) electrons. The molecule has 3 aromatic rings. The van der Waals surface area contributed by atoms with E-state index in [0.717, 1.165) is 24.0 Å².